The fraction of sp³-hybridized carbons (Fsp3) is 0.780. The van der Waals surface area contributed by atoms with Crippen molar-refractivity contribution in [3.05, 3.63) is 5.82 Å². The maximum Gasteiger partial charge on any atom is 0.260 e. The monoisotopic (exact) mass is 833 g/mol. The van der Waals surface area contributed by atoms with Crippen LogP contribution in [0, 0.1) is 17.8 Å². The van der Waals surface area contributed by atoms with Gasteiger partial charge >= 0.3 is 0 Å². The van der Waals surface area contributed by atoms with Crippen LogP contribution in [0.25, 0.3) is 11.0 Å². The molecule has 1 aliphatic carbocycles. The van der Waals surface area contributed by atoms with Gasteiger partial charge in [0.15, 0.2) is 5.82 Å². The molecule has 0 saturated heterocycles. The number of nitrogens with two attached hydrogens (primary N) is 2. The van der Waals surface area contributed by atoms with Gasteiger partial charge < -0.3 is 56.2 Å². The highest BCUT2D eigenvalue weighted by Crippen LogP contribution is 2.34. The molecule has 1 saturated carbocycles. The van der Waals surface area contributed by atoms with Crippen LogP contribution in [0.4, 0.5) is 5.82 Å². The Morgan fingerprint density at radius 1 is 0.797 bits per heavy atom. The van der Waals surface area contributed by atoms with Gasteiger partial charge in [-0.05, 0) is 77.0 Å². The van der Waals surface area contributed by atoms with E-state index in [1.54, 1.807) is 6.92 Å². The Morgan fingerprint density at radius 2 is 1.44 bits per heavy atom. The maximum atomic E-state index is 13.2. The number of aromatic nitrogens is 4. The fourth-order valence-corrected chi connectivity index (χ4v) is 6.92. The lowest BCUT2D eigenvalue weighted by molar-refractivity contribution is -0.132. The molecular weight excluding hydrogens is 761 g/mol. The number of nitrogen functional groups attached to an aromatic ring is 1. The van der Waals surface area contributed by atoms with E-state index >= 15 is 0 Å². The molecule has 2 atom stereocenters. The molecule has 0 aliphatic heterocycles. The number of nitrogens with zero attached hydrogens (tertiary/aromatic N) is 4. The first-order chi connectivity index (χ1) is 28.3. The minimum Gasteiger partial charge on any atom is -0.472 e. The molecule has 18 heteroatoms. The standard InChI is InChI=1S/C41H72N10O8/c1-7-8-10-32-47-36-37(41(59-28(4)5)50-49-38(36)43)51(32)26-31-15-13-30(14-16-31)25-45-39(54)29(6)46-40(55)35(27(2)3)48-34(53)12-9-11-33(52)44-18-20-57-22-24-58-23-21-56-19-17-42/h27-31,35H,7-26,42H2,1-6H3,(H2,43,49)(H,44,52)(H,45,54)(H,46,55)(H,48,53)/t29-,30-,31-,35-/m0/s1. The minimum atomic E-state index is -0.826. The number of amides is 4. The summed E-state index contributed by atoms with van der Waals surface area (Å²) in [7, 11) is 0. The third kappa shape index (κ3) is 17.6. The van der Waals surface area contributed by atoms with Gasteiger partial charge in [0.2, 0.25) is 23.6 Å². The van der Waals surface area contributed by atoms with Crippen LogP contribution in [0.1, 0.15) is 105 Å². The summed E-state index contributed by atoms with van der Waals surface area (Å²) in [5.74, 6) is 1.02. The van der Waals surface area contributed by atoms with Crippen LogP contribution in [0.3, 0.4) is 0 Å². The van der Waals surface area contributed by atoms with Crippen molar-refractivity contribution < 1.29 is 38.1 Å². The molecule has 334 valence electrons. The van der Waals surface area contributed by atoms with Crippen LogP contribution in [0.15, 0.2) is 0 Å². The summed E-state index contributed by atoms with van der Waals surface area (Å²) in [6, 6.07) is -1.61. The van der Waals surface area contributed by atoms with Gasteiger partial charge in [-0.15, -0.1) is 10.2 Å². The molecule has 0 bridgehead atoms. The van der Waals surface area contributed by atoms with Crippen LogP contribution >= 0.6 is 0 Å². The predicted molar refractivity (Wildman–Crippen MR) is 225 cm³/mol. The number of rotatable bonds is 29. The molecule has 18 nitrogen and oxygen atoms in total. The second-order valence-corrected chi connectivity index (χ2v) is 16.0. The number of ether oxygens (including phenoxy) is 4. The Labute approximate surface area is 349 Å². The highest BCUT2D eigenvalue weighted by Gasteiger charge is 2.29. The molecule has 2 aromatic heterocycles. The minimum absolute atomic E-state index is 0.0747. The van der Waals surface area contributed by atoms with Crippen molar-refractivity contribution in [3.63, 3.8) is 0 Å². The van der Waals surface area contributed by atoms with Gasteiger partial charge in [-0.2, -0.15) is 0 Å². The van der Waals surface area contributed by atoms with Gasteiger partial charge in [0, 0.05) is 45.4 Å². The van der Waals surface area contributed by atoms with Crippen molar-refractivity contribution in [1.29, 1.82) is 0 Å². The number of anilines is 1. The Bertz CT molecular complexity index is 1580. The quantitative estimate of drug-likeness (QED) is 0.0646. The molecule has 2 heterocycles. The SMILES string of the molecule is CCCCc1nc2c(N)nnc(OC(C)C)c2n1C[C@H]1CC[C@H](CNC(=O)[C@H](C)NC(=O)[C@@H](NC(=O)CCCC(=O)NCCOCCOCCOCCN)C(C)C)CC1. The summed E-state index contributed by atoms with van der Waals surface area (Å²) >= 11 is 0. The van der Waals surface area contributed by atoms with E-state index in [-0.39, 0.29) is 42.6 Å². The van der Waals surface area contributed by atoms with E-state index in [0.717, 1.165) is 62.8 Å². The van der Waals surface area contributed by atoms with Crippen LogP contribution in [-0.2, 0) is 46.4 Å². The first-order valence-corrected chi connectivity index (χ1v) is 21.6. The summed E-state index contributed by atoms with van der Waals surface area (Å²) in [5, 5.41) is 19.7. The summed E-state index contributed by atoms with van der Waals surface area (Å²) < 4.78 is 24.3. The molecule has 0 radical (unpaired) electrons. The highest BCUT2D eigenvalue weighted by atomic mass is 16.5. The number of hydrogen-bond donors (Lipinski definition) is 6. The van der Waals surface area contributed by atoms with Gasteiger partial charge in [-0.25, -0.2) is 4.98 Å². The van der Waals surface area contributed by atoms with Gasteiger partial charge in [-0.1, -0.05) is 27.2 Å². The van der Waals surface area contributed by atoms with Crippen molar-refractivity contribution in [3.8, 4) is 5.88 Å². The average molecular weight is 833 g/mol. The van der Waals surface area contributed by atoms with E-state index in [4.69, 9.17) is 35.4 Å². The third-order valence-corrected chi connectivity index (χ3v) is 10.2. The Hall–Kier alpha value is -4.13. The topological polar surface area (TPSA) is 249 Å². The summed E-state index contributed by atoms with van der Waals surface area (Å²) in [6.07, 6.45) is 7.29. The second-order valence-electron chi connectivity index (χ2n) is 16.0. The molecule has 1 aliphatic rings. The largest absolute Gasteiger partial charge is 0.472 e. The molecule has 59 heavy (non-hydrogen) atoms. The van der Waals surface area contributed by atoms with Crippen molar-refractivity contribution in [2.24, 2.45) is 23.5 Å². The Kier molecular flexibility index (Phi) is 22.4. The van der Waals surface area contributed by atoms with Crippen LogP contribution < -0.4 is 37.5 Å². The zero-order valence-corrected chi connectivity index (χ0v) is 36.3. The second kappa shape index (κ2) is 26.9. The molecule has 4 amide bonds. The van der Waals surface area contributed by atoms with Crippen LogP contribution in [0.2, 0.25) is 0 Å². The van der Waals surface area contributed by atoms with Crippen LogP contribution in [0.5, 0.6) is 5.88 Å². The number of imidazole rings is 1. The number of unbranched alkanes of at least 4 members (excludes halogenated alkanes) is 1. The number of aryl methyl sites for hydroxylation is 1. The van der Waals surface area contributed by atoms with Gasteiger partial charge in [0.05, 0.1) is 45.7 Å². The van der Waals surface area contributed by atoms with Gasteiger partial charge in [0.25, 0.3) is 5.88 Å². The molecular formula is C41H72N10O8. The van der Waals surface area contributed by atoms with E-state index in [9.17, 15) is 19.2 Å². The van der Waals surface area contributed by atoms with E-state index in [0.29, 0.717) is 94.7 Å². The lowest BCUT2D eigenvalue weighted by Gasteiger charge is -2.30. The zero-order chi connectivity index (χ0) is 43.2. The Morgan fingerprint density at radius 3 is 2.08 bits per heavy atom. The zero-order valence-electron chi connectivity index (χ0n) is 36.3. The molecule has 3 rings (SSSR count). The summed E-state index contributed by atoms with van der Waals surface area (Å²) in [6.45, 7) is 16.1. The first kappa shape index (κ1) is 49.2. The predicted octanol–water partition coefficient (Wildman–Crippen LogP) is 2.40. The van der Waals surface area contributed by atoms with E-state index < -0.39 is 18.0 Å². The van der Waals surface area contributed by atoms with Crippen molar-refractivity contribution in [2.75, 3.05) is 65.0 Å². The lowest BCUT2D eigenvalue weighted by atomic mass is 9.82. The molecule has 0 spiro atoms. The van der Waals surface area contributed by atoms with E-state index in [2.05, 4.69) is 43.0 Å². The molecule has 0 aromatic carbocycles. The highest BCUT2D eigenvalue weighted by molar-refractivity contribution is 5.92. The number of hydrogen-bond acceptors (Lipinski definition) is 13. The number of fused-ring (bicyclic) bond motifs is 1. The van der Waals surface area contributed by atoms with Gasteiger partial charge in [-0.3, -0.25) is 19.2 Å². The number of nitrogens with one attached hydrogen (secondary N) is 4. The molecule has 0 unspecified atom stereocenters. The summed E-state index contributed by atoms with van der Waals surface area (Å²) in [4.78, 5) is 56.1. The van der Waals surface area contributed by atoms with E-state index in [1.165, 1.54) is 0 Å². The molecule has 2 aromatic rings. The maximum absolute atomic E-state index is 13.2. The smallest absolute Gasteiger partial charge is 0.260 e. The third-order valence-electron chi connectivity index (χ3n) is 10.2. The van der Waals surface area contributed by atoms with Crippen molar-refractivity contribution in [1.82, 2.24) is 41.0 Å². The average Bonchev–Trinajstić information content (AvgIpc) is 3.57. The first-order valence-electron chi connectivity index (χ1n) is 21.6. The summed E-state index contributed by atoms with van der Waals surface area (Å²) in [5.41, 5.74) is 13.0. The Balaban J connectivity index is 1.36. The lowest BCUT2D eigenvalue weighted by Crippen LogP contribution is -2.54. The fourth-order valence-electron chi connectivity index (χ4n) is 6.92. The van der Waals surface area contributed by atoms with Crippen molar-refractivity contribution >= 4 is 40.5 Å². The van der Waals surface area contributed by atoms with E-state index in [1.807, 2.05) is 27.7 Å². The normalized spacial score (nSPS) is 16.6. The number of carbonyl (C=O) groups is 4. The van der Waals surface area contributed by atoms with Crippen molar-refractivity contribution in [2.45, 2.75) is 130 Å². The number of carbonyl (C=O) groups excluding carboxylic acids is 4. The van der Waals surface area contributed by atoms with Gasteiger partial charge in [0.1, 0.15) is 28.9 Å². The molecule has 8 N–H and O–H groups in total. The molecule has 1 fully saturated rings. The van der Waals surface area contributed by atoms with Crippen LogP contribution in [-0.4, -0.2) is 121 Å².